The van der Waals surface area contributed by atoms with Gasteiger partial charge in [0.2, 0.25) is 20.0 Å². The Morgan fingerprint density at radius 3 is 2.12 bits per heavy atom. The van der Waals surface area contributed by atoms with Crippen LogP contribution in [0.4, 0.5) is 0 Å². The van der Waals surface area contributed by atoms with Crippen molar-refractivity contribution in [2.75, 3.05) is 26.2 Å². The molecule has 0 aromatic heterocycles. The van der Waals surface area contributed by atoms with Gasteiger partial charge in [-0.1, -0.05) is 12.1 Å². The Hall–Kier alpha value is -0.710. The van der Waals surface area contributed by atoms with Crippen molar-refractivity contribution in [1.29, 1.82) is 0 Å². The standard InChI is InChI=1S/C15H23N3O4S2.ClH/c19-23(20,17-13-7-9-16-10-8-13)14-5-1-2-6-15(14)24(21,22)18-11-3-4-12-18;/h1-2,5-6,13,16-17H,3-4,7-12H2;1H. The summed E-state index contributed by atoms with van der Waals surface area (Å²) in [6, 6.07) is 5.70. The fraction of sp³-hybridized carbons (Fsp3) is 0.600. The Bertz CT molecular complexity index is 787. The SMILES string of the molecule is Cl.O=S(=O)(NC1CCNCC1)c1ccccc1S(=O)(=O)N1CCCC1. The van der Waals surface area contributed by atoms with Gasteiger partial charge in [0.15, 0.2) is 0 Å². The lowest BCUT2D eigenvalue weighted by atomic mass is 10.1. The lowest BCUT2D eigenvalue weighted by Crippen LogP contribution is -2.43. The normalized spacial score (nSPS) is 20.3. The van der Waals surface area contributed by atoms with E-state index in [9.17, 15) is 16.8 Å². The fourth-order valence-electron chi connectivity index (χ4n) is 3.18. The second-order valence-electron chi connectivity index (χ2n) is 6.20. The minimum atomic E-state index is -3.89. The molecule has 2 saturated heterocycles. The zero-order chi connectivity index (χ0) is 17.2. The Labute approximate surface area is 155 Å². The first-order chi connectivity index (χ1) is 11.4. The first kappa shape index (κ1) is 20.6. The molecule has 2 N–H and O–H groups in total. The molecule has 0 unspecified atom stereocenters. The van der Waals surface area contributed by atoms with Gasteiger partial charge in [-0.2, -0.15) is 4.31 Å². The van der Waals surface area contributed by atoms with Crippen LogP contribution in [0.2, 0.25) is 0 Å². The molecule has 2 aliphatic heterocycles. The summed E-state index contributed by atoms with van der Waals surface area (Å²) in [7, 11) is -7.68. The Balaban J connectivity index is 0.00000225. The maximum absolute atomic E-state index is 12.8. The van der Waals surface area contributed by atoms with Gasteiger partial charge in [0.1, 0.15) is 9.79 Å². The summed E-state index contributed by atoms with van der Waals surface area (Å²) < 4.78 is 55.2. The highest BCUT2D eigenvalue weighted by atomic mass is 35.5. The van der Waals surface area contributed by atoms with Crippen molar-refractivity contribution in [2.24, 2.45) is 0 Å². The van der Waals surface area contributed by atoms with Crippen molar-refractivity contribution in [3.8, 4) is 0 Å². The van der Waals surface area contributed by atoms with Crippen molar-refractivity contribution >= 4 is 32.5 Å². The van der Waals surface area contributed by atoms with Gasteiger partial charge in [-0.25, -0.2) is 21.6 Å². The summed E-state index contributed by atoms with van der Waals surface area (Å²) in [6.45, 7) is 2.39. The van der Waals surface area contributed by atoms with E-state index in [2.05, 4.69) is 10.0 Å². The molecule has 2 fully saturated rings. The van der Waals surface area contributed by atoms with Crippen LogP contribution < -0.4 is 10.0 Å². The number of nitrogens with zero attached hydrogens (tertiary/aromatic N) is 1. The number of piperidine rings is 1. The van der Waals surface area contributed by atoms with E-state index in [1.54, 1.807) is 12.1 Å². The van der Waals surface area contributed by atoms with Gasteiger partial charge < -0.3 is 5.32 Å². The quantitative estimate of drug-likeness (QED) is 0.754. The molecule has 0 saturated carbocycles. The van der Waals surface area contributed by atoms with E-state index in [0.29, 0.717) is 25.9 Å². The van der Waals surface area contributed by atoms with Gasteiger partial charge in [-0.15, -0.1) is 12.4 Å². The average molecular weight is 410 g/mol. The highest BCUT2D eigenvalue weighted by Crippen LogP contribution is 2.27. The molecule has 7 nitrogen and oxygen atoms in total. The monoisotopic (exact) mass is 409 g/mol. The zero-order valence-electron chi connectivity index (χ0n) is 13.8. The number of halogens is 1. The molecule has 2 heterocycles. The largest absolute Gasteiger partial charge is 0.317 e. The third kappa shape index (κ3) is 4.53. The fourth-order valence-corrected chi connectivity index (χ4v) is 6.80. The smallest absolute Gasteiger partial charge is 0.244 e. The first-order valence-electron chi connectivity index (χ1n) is 8.23. The van der Waals surface area contributed by atoms with Crippen LogP contribution in [0.25, 0.3) is 0 Å². The maximum atomic E-state index is 12.8. The van der Waals surface area contributed by atoms with Crippen molar-refractivity contribution in [2.45, 2.75) is 41.5 Å². The zero-order valence-corrected chi connectivity index (χ0v) is 16.3. The van der Waals surface area contributed by atoms with Crippen molar-refractivity contribution in [3.63, 3.8) is 0 Å². The van der Waals surface area contributed by atoms with Crippen LogP contribution in [0.3, 0.4) is 0 Å². The topological polar surface area (TPSA) is 95.6 Å². The molecule has 0 radical (unpaired) electrons. The van der Waals surface area contributed by atoms with E-state index in [-0.39, 0.29) is 28.2 Å². The first-order valence-corrected chi connectivity index (χ1v) is 11.2. The lowest BCUT2D eigenvalue weighted by Gasteiger charge is -2.24. The van der Waals surface area contributed by atoms with Gasteiger partial charge in [0.25, 0.3) is 0 Å². The van der Waals surface area contributed by atoms with E-state index in [0.717, 1.165) is 25.9 Å². The molecule has 1 aromatic carbocycles. The van der Waals surface area contributed by atoms with Crippen LogP contribution in [0.1, 0.15) is 25.7 Å². The second kappa shape index (κ2) is 8.32. The Morgan fingerprint density at radius 1 is 0.960 bits per heavy atom. The number of nitrogens with one attached hydrogen (secondary N) is 2. The van der Waals surface area contributed by atoms with Crippen LogP contribution in [-0.4, -0.2) is 53.4 Å². The van der Waals surface area contributed by atoms with E-state index in [1.807, 2.05) is 0 Å². The molecule has 0 aliphatic carbocycles. The second-order valence-corrected chi connectivity index (χ2v) is 9.79. The highest BCUT2D eigenvalue weighted by Gasteiger charge is 2.33. The summed E-state index contributed by atoms with van der Waals surface area (Å²) in [5.74, 6) is 0. The van der Waals surface area contributed by atoms with E-state index in [4.69, 9.17) is 0 Å². The van der Waals surface area contributed by atoms with Gasteiger partial charge in [0, 0.05) is 19.1 Å². The minimum Gasteiger partial charge on any atom is -0.317 e. The molecule has 0 bridgehead atoms. The van der Waals surface area contributed by atoms with Crippen molar-refractivity contribution < 1.29 is 16.8 Å². The Kier molecular flexibility index (Phi) is 6.86. The number of hydrogen-bond acceptors (Lipinski definition) is 5. The summed E-state index contributed by atoms with van der Waals surface area (Å²) in [6.07, 6.45) is 3.00. The molecule has 0 atom stereocenters. The van der Waals surface area contributed by atoms with Gasteiger partial charge in [0.05, 0.1) is 0 Å². The Morgan fingerprint density at radius 2 is 1.52 bits per heavy atom. The molecule has 25 heavy (non-hydrogen) atoms. The van der Waals surface area contributed by atoms with Crippen LogP contribution >= 0.6 is 12.4 Å². The van der Waals surface area contributed by atoms with Crippen molar-refractivity contribution in [3.05, 3.63) is 24.3 Å². The van der Waals surface area contributed by atoms with E-state index in [1.165, 1.54) is 16.4 Å². The third-order valence-corrected chi connectivity index (χ3v) is 8.15. The molecule has 0 amide bonds. The van der Waals surface area contributed by atoms with Crippen molar-refractivity contribution in [1.82, 2.24) is 14.3 Å². The molecule has 2 aliphatic rings. The summed E-state index contributed by atoms with van der Waals surface area (Å²) in [4.78, 5) is -0.288. The minimum absolute atomic E-state index is 0. The summed E-state index contributed by atoms with van der Waals surface area (Å²) in [5, 5.41) is 3.18. The predicted octanol–water partition coefficient (Wildman–Crippen LogP) is 0.923. The van der Waals surface area contributed by atoms with Gasteiger partial charge in [-0.05, 0) is 50.9 Å². The van der Waals surface area contributed by atoms with E-state index < -0.39 is 20.0 Å². The summed E-state index contributed by atoms with van der Waals surface area (Å²) >= 11 is 0. The third-order valence-electron chi connectivity index (χ3n) is 4.48. The number of benzene rings is 1. The number of rotatable bonds is 5. The molecule has 1 aromatic rings. The van der Waals surface area contributed by atoms with Gasteiger partial charge in [-0.3, -0.25) is 0 Å². The molecular formula is C15H24ClN3O4S2. The summed E-state index contributed by atoms with van der Waals surface area (Å²) in [5.41, 5.74) is 0. The molecule has 142 valence electrons. The molecule has 10 heteroatoms. The molecule has 3 rings (SSSR count). The maximum Gasteiger partial charge on any atom is 0.244 e. The van der Waals surface area contributed by atoms with Crippen LogP contribution in [0.5, 0.6) is 0 Å². The lowest BCUT2D eigenvalue weighted by molar-refractivity contribution is 0.426. The highest BCUT2D eigenvalue weighted by molar-refractivity contribution is 7.92. The molecule has 0 spiro atoms. The van der Waals surface area contributed by atoms with Crippen LogP contribution in [0, 0.1) is 0 Å². The van der Waals surface area contributed by atoms with Crippen LogP contribution in [-0.2, 0) is 20.0 Å². The number of hydrogen-bond donors (Lipinski definition) is 2. The predicted molar refractivity (Wildman–Crippen MR) is 97.9 cm³/mol. The number of sulfonamides is 2. The average Bonchev–Trinajstić information content (AvgIpc) is 3.11. The molecular weight excluding hydrogens is 386 g/mol. The van der Waals surface area contributed by atoms with E-state index >= 15 is 0 Å². The van der Waals surface area contributed by atoms with Crippen LogP contribution in [0.15, 0.2) is 34.1 Å². The van der Waals surface area contributed by atoms with Gasteiger partial charge >= 0.3 is 0 Å².